The lowest BCUT2D eigenvalue weighted by Gasteiger charge is -2.29. The first-order valence-corrected chi connectivity index (χ1v) is 9.06. The van der Waals surface area contributed by atoms with E-state index >= 15 is 0 Å². The number of hydrogen-bond donors (Lipinski definition) is 1. The summed E-state index contributed by atoms with van der Waals surface area (Å²) >= 11 is 0. The van der Waals surface area contributed by atoms with E-state index in [9.17, 15) is 9.59 Å². The summed E-state index contributed by atoms with van der Waals surface area (Å²) in [5, 5.41) is 7.41. The molecule has 0 bridgehead atoms. The second kappa shape index (κ2) is 7.72. The standard InChI is InChI=1S/C20H25N3O3/c1-13-8-4-6-10-15(13)21-20(25)19-17(26-3)12-18(24)23(22-19)16-11-7-5-9-14(16)2/h5,7,9,11-13,15H,4,6,8,10H2,1-3H3,(H,21,25). The van der Waals surface area contributed by atoms with Gasteiger partial charge in [-0.2, -0.15) is 9.78 Å². The quantitative estimate of drug-likeness (QED) is 0.915. The molecular formula is C20H25N3O3. The number of benzene rings is 1. The van der Waals surface area contributed by atoms with Gasteiger partial charge in [0.1, 0.15) is 0 Å². The van der Waals surface area contributed by atoms with Crippen molar-refractivity contribution in [1.29, 1.82) is 0 Å². The Labute approximate surface area is 153 Å². The van der Waals surface area contributed by atoms with Gasteiger partial charge in [-0.15, -0.1) is 0 Å². The van der Waals surface area contributed by atoms with E-state index in [1.165, 1.54) is 24.3 Å². The number of aryl methyl sites for hydroxylation is 1. The van der Waals surface area contributed by atoms with Crippen molar-refractivity contribution in [1.82, 2.24) is 15.1 Å². The molecule has 1 fully saturated rings. The number of nitrogens with zero attached hydrogens (tertiary/aromatic N) is 2. The Morgan fingerprint density at radius 3 is 2.69 bits per heavy atom. The highest BCUT2D eigenvalue weighted by atomic mass is 16.5. The van der Waals surface area contributed by atoms with Gasteiger partial charge in [-0.25, -0.2) is 0 Å². The molecule has 6 heteroatoms. The number of methoxy groups -OCH3 is 1. The molecule has 0 saturated heterocycles. The van der Waals surface area contributed by atoms with Crippen LogP contribution in [0.4, 0.5) is 0 Å². The monoisotopic (exact) mass is 355 g/mol. The van der Waals surface area contributed by atoms with Gasteiger partial charge < -0.3 is 10.1 Å². The summed E-state index contributed by atoms with van der Waals surface area (Å²) in [4.78, 5) is 25.3. The molecular weight excluding hydrogens is 330 g/mol. The Kier molecular flexibility index (Phi) is 5.40. The van der Waals surface area contributed by atoms with Crippen LogP contribution >= 0.6 is 0 Å². The number of carbonyl (C=O) groups excluding carboxylic acids is 1. The second-order valence-corrected chi connectivity index (χ2v) is 6.94. The molecule has 1 heterocycles. The summed E-state index contributed by atoms with van der Waals surface area (Å²) < 4.78 is 6.51. The zero-order valence-electron chi connectivity index (χ0n) is 15.5. The SMILES string of the molecule is COc1cc(=O)n(-c2ccccc2C)nc1C(=O)NC1CCCCC1C. The van der Waals surface area contributed by atoms with Gasteiger partial charge in [0.15, 0.2) is 11.4 Å². The lowest BCUT2D eigenvalue weighted by atomic mass is 9.86. The topological polar surface area (TPSA) is 73.2 Å². The van der Waals surface area contributed by atoms with Crippen LogP contribution in [0, 0.1) is 12.8 Å². The van der Waals surface area contributed by atoms with Gasteiger partial charge in [-0.05, 0) is 37.3 Å². The van der Waals surface area contributed by atoms with E-state index in [0.717, 1.165) is 24.8 Å². The van der Waals surface area contributed by atoms with Crippen LogP contribution in [0.5, 0.6) is 5.75 Å². The van der Waals surface area contributed by atoms with Crippen molar-refractivity contribution < 1.29 is 9.53 Å². The van der Waals surface area contributed by atoms with Crippen molar-refractivity contribution >= 4 is 5.91 Å². The molecule has 1 amide bonds. The maximum Gasteiger partial charge on any atom is 0.275 e. The predicted molar refractivity (Wildman–Crippen MR) is 100 cm³/mol. The molecule has 2 atom stereocenters. The van der Waals surface area contributed by atoms with E-state index in [1.807, 2.05) is 25.1 Å². The summed E-state index contributed by atoms with van der Waals surface area (Å²) in [7, 11) is 1.44. The molecule has 1 aliphatic carbocycles. The molecule has 0 aliphatic heterocycles. The molecule has 1 aromatic carbocycles. The molecule has 1 aromatic heterocycles. The van der Waals surface area contributed by atoms with Crippen LogP contribution in [0.1, 0.15) is 48.7 Å². The van der Waals surface area contributed by atoms with Crippen LogP contribution in [0.2, 0.25) is 0 Å². The Bertz CT molecular complexity index is 860. The summed E-state index contributed by atoms with van der Waals surface area (Å²) in [5.41, 5.74) is 1.35. The van der Waals surface area contributed by atoms with E-state index in [-0.39, 0.29) is 29.0 Å². The molecule has 2 unspecified atom stereocenters. The second-order valence-electron chi connectivity index (χ2n) is 6.94. The van der Waals surface area contributed by atoms with Gasteiger partial charge in [-0.1, -0.05) is 38.0 Å². The zero-order chi connectivity index (χ0) is 18.7. The Balaban J connectivity index is 1.98. The number of rotatable bonds is 4. The van der Waals surface area contributed by atoms with E-state index in [1.54, 1.807) is 6.07 Å². The highest BCUT2D eigenvalue weighted by Crippen LogP contribution is 2.24. The van der Waals surface area contributed by atoms with Crippen LogP contribution < -0.4 is 15.6 Å². The number of carbonyl (C=O) groups is 1. The number of aromatic nitrogens is 2. The molecule has 1 N–H and O–H groups in total. The van der Waals surface area contributed by atoms with Crippen molar-refractivity contribution in [3.8, 4) is 11.4 Å². The van der Waals surface area contributed by atoms with Gasteiger partial charge in [0, 0.05) is 6.04 Å². The average Bonchev–Trinajstić information content (AvgIpc) is 2.64. The van der Waals surface area contributed by atoms with Gasteiger partial charge in [0.05, 0.1) is 18.9 Å². The smallest absolute Gasteiger partial charge is 0.275 e. The van der Waals surface area contributed by atoms with Crippen molar-refractivity contribution in [3.63, 3.8) is 0 Å². The first kappa shape index (κ1) is 18.2. The van der Waals surface area contributed by atoms with Gasteiger partial charge in [-0.3, -0.25) is 9.59 Å². The summed E-state index contributed by atoms with van der Waals surface area (Å²) in [6, 6.07) is 8.88. The van der Waals surface area contributed by atoms with Gasteiger partial charge in [0.2, 0.25) is 0 Å². The van der Waals surface area contributed by atoms with E-state index in [0.29, 0.717) is 11.6 Å². The van der Waals surface area contributed by atoms with Crippen molar-refractivity contribution in [2.45, 2.75) is 45.6 Å². The van der Waals surface area contributed by atoms with E-state index in [2.05, 4.69) is 17.3 Å². The van der Waals surface area contributed by atoms with Crippen molar-refractivity contribution in [3.05, 3.63) is 51.9 Å². The zero-order valence-corrected chi connectivity index (χ0v) is 15.5. The number of nitrogens with one attached hydrogen (secondary N) is 1. The normalized spacial score (nSPS) is 19.8. The number of amides is 1. The fraction of sp³-hybridized carbons (Fsp3) is 0.450. The van der Waals surface area contributed by atoms with Crippen LogP contribution in [0.25, 0.3) is 5.69 Å². The first-order valence-electron chi connectivity index (χ1n) is 9.06. The Morgan fingerprint density at radius 2 is 2.00 bits per heavy atom. The van der Waals surface area contributed by atoms with Crippen molar-refractivity contribution in [2.24, 2.45) is 5.92 Å². The van der Waals surface area contributed by atoms with Crippen LogP contribution in [0.3, 0.4) is 0 Å². The lowest BCUT2D eigenvalue weighted by Crippen LogP contribution is -2.42. The molecule has 0 radical (unpaired) electrons. The van der Waals surface area contributed by atoms with Gasteiger partial charge in [0.25, 0.3) is 11.5 Å². The number of para-hydroxylation sites is 1. The molecule has 1 saturated carbocycles. The number of ether oxygens (including phenoxy) is 1. The third-order valence-electron chi connectivity index (χ3n) is 5.10. The van der Waals surface area contributed by atoms with E-state index in [4.69, 9.17) is 4.74 Å². The summed E-state index contributed by atoms with van der Waals surface area (Å²) in [6.45, 7) is 4.06. The molecule has 26 heavy (non-hydrogen) atoms. The average molecular weight is 355 g/mol. The fourth-order valence-electron chi connectivity index (χ4n) is 3.49. The Morgan fingerprint density at radius 1 is 1.27 bits per heavy atom. The maximum absolute atomic E-state index is 12.8. The highest BCUT2D eigenvalue weighted by Gasteiger charge is 2.26. The third kappa shape index (κ3) is 3.64. The van der Waals surface area contributed by atoms with Gasteiger partial charge >= 0.3 is 0 Å². The molecule has 138 valence electrons. The molecule has 3 rings (SSSR count). The minimum Gasteiger partial charge on any atom is -0.494 e. The third-order valence-corrected chi connectivity index (χ3v) is 5.10. The van der Waals surface area contributed by atoms with Crippen LogP contribution in [-0.4, -0.2) is 28.8 Å². The lowest BCUT2D eigenvalue weighted by molar-refractivity contribution is 0.0899. The highest BCUT2D eigenvalue weighted by molar-refractivity contribution is 5.95. The first-order chi connectivity index (χ1) is 12.5. The minimum absolute atomic E-state index is 0.126. The Hall–Kier alpha value is -2.63. The fourth-order valence-corrected chi connectivity index (χ4v) is 3.49. The van der Waals surface area contributed by atoms with Crippen molar-refractivity contribution in [2.75, 3.05) is 7.11 Å². The molecule has 6 nitrogen and oxygen atoms in total. The van der Waals surface area contributed by atoms with Crippen LogP contribution in [0.15, 0.2) is 35.1 Å². The maximum atomic E-state index is 12.8. The molecule has 1 aliphatic rings. The summed E-state index contributed by atoms with van der Waals surface area (Å²) in [6.07, 6.45) is 4.39. The van der Waals surface area contributed by atoms with Crippen LogP contribution in [-0.2, 0) is 0 Å². The minimum atomic E-state index is -0.335. The predicted octanol–water partition coefficient (Wildman–Crippen LogP) is 2.86. The number of hydrogen-bond acceptors (Lipinski definition) is 4. The van der Waals surface area contributed by atoms with E-state index < -0.39 is 0 Å². The largest absolute Gasteiger partial charge is 0.494 e. The molecule has 0 spiro atoms. The molecule has 2 aromatic rings. The summed E-state index contributed by atoms with van der Waals surface area (Å²) in [5.74, 6) is 0.324.